The molecule has 0 radical (unpaired) electrons. The van der Waals surface area contributed by atoms with Crippen LogP contribution in [0.2, 0.25) is 0 Å². The normalized spacial score (nSPS) is 12.1. The van der Waals surface area contributed by atoms with E-state index in [0.717, 1.165) is 10.4 Å². The molecule has 0 aromatic heterocycles. The number of halogens is 4. The standard InChI is InChI=1S/C16H16Cl4O2Si/c17-15(18)11-21-23(22-12-16(19)20,13-7-3-1-4-8-13)14-9-5-2-6-10-14/h1-10,15-16H,11-12H2. The van der Waals surface area contributed by atoms with Crippen LogP contribution < -0.4 is 10.4 Å². The number of hydrogen-bond acceptors (Lipinski definition) is 2. The van der Waals surface area contributed by atoms with Gasteiger partial charge in [-0.05, 0) is 10.4 Å². The van der Waals surface area contributed by atoms with Crippen molar-refractivity contribution in [2.75, 3.05) is 13.2 Å². The van der Waals surface area contributed by atoms with Gasteiger partial charge in [0.1, 0.15) is 9.67 Å². The predicted octanol–water partition coefficient (Wildman–Crippen LogP) is 3.88. The van der Waals surface area contributed by atoms with Crippen LogP contribution in [-0.4, -0.2) is 31.4 Å². The summed E-state index contributed by atoms with van der Waals surface area (Å²) in [6.07, 6.45) is 0. The fraction of sp³-hybridized carbons (Fsp3) is 0.250. The maximum Gasteiger partial charge on any atom is 0.407 e. The molecule has 0 unspecified atom stereocenters. The second kappa shape index (κ2) is 9.28. The molecule has 0 aliphatic rings. The maximum absolute atomic E-state index is 6.15. The lowest BCUT2D eigenvalue weighted by molar-refractivity contribution is 0.204. The molecule has 0 aliphatic carbocycles. The fourth-order valence-electron chi connectivity index (χ4n) is 2.22. The average molecular weight is 410 g/mol. The fourth-order valence-corrected chi connectivity index (χ4v) is 6.04. The molecule has 0 atom stereocenters. The highest BCUT2D eigenvalue weighted by molar-refractivity contribution is 6.92. The summed E-state index contributed by atoms with van der Waals surface area (Å²) in [6.45, 7) is 0.294. The first-order valence-corrected chi connectivity index (χ1v) is 10.6. The van der Waals surface area contributed by atoms with Gasteiger partial charge in [0.05, 0.1) is 13.2 Å². The maximum atomic E-state index is 6.15. The van der Waals surface area contributed by atoms with E-state index in [1.54, 1.807) is 0 Å². The molecular weight excluding hydrogens is 394 g/mol. The van der Waals surface area contributed by atoms with E-state index in [4.69, 9.17) is 55.3 Å². The van der Waals surface area contributed by atoms with E-state index >= 15 is 0 Å². The van der Waals surface area contributed by atoms with E-state index in [0.29, 0.717) is 0 Å². The zero-order valence-corrected chi connectivity index (χ0v) is 16.2. The number of hydrogen-bond donors (Lipinski definition) is 0. The Bertz CT molecular complexity index is 528. The topological polar surface area (TPSA) is 18.5 Å². The van der Waals surface area contributed by atoms with Crippen molar-refractivity contribution in [2.24, 2.45) is 0 Å². The van der Waals surface area contributed by atoms with E-state index < -0.39 is 18.2 Å². The van der Waals surface area contributed by atoms with Gasteiger partial charge in [0, 0.05) is 0 Å². The summed E-state index contributed by atoms with van der Waals surface area (Å²) in [5.41, 5.74) is 0. The first-order valence-electron chi connectivity index (χ1n) is 7.00. The Balaban J connectivity index is 2.48. The zero-order chi connectivity index (χ0) is 16.7. The zero-order valence-electron chi connectivity index (χ0n) is 12.2. The lowest BCUT2D eigenvalue weighted by Gasteiger charge is -2.32. The van der Waals surface area contributed by atoms with Crippen molar-refractivity contribution >= 4 is 65.3 Å². The molecule has 2 aromatic rings. The van der Waals surface area contributed by atoms with Gasteiger partial charge in [-0.1, -0.05) is 60.7 Å². The highest BCUT2D eigenvalue weighted by Gasteiger charge is 2.43. The van der Waals surface area contributed by atoms with Gasteiger partial charge in [-0.25, -0.2) is 0 Å². The van der Waals surface area contributed by atoms with Crippen molar-refractivity contribution in [2.45, 2.75) is 9.67 Å². The molecule has 0 saturated carbocycles. The van der Waals surface area contributed by atoms with Crippen LogP contribution in [-0.2, 0) is 8.85 Å². The van der Waals surface area contributed by atoms with Crippen molar-refractivity contribution < 1.29 is 8.85 Å². The SMILES string of the molecule is ClC(Cl)CO[Si](OCC(Cl)Cl)(c1ccccc1)c1ccccc1. The summed E-state index contributed by atoms with van der Waals surface area (Å²) in [5.74, 6) is 0. The van der Waals surface area contributed by atoms with Crippen LogP contribution in [0.3, 0.4) is 0 Å². The molecule has 0 amide bonds. The molecule has 0 heterocycles. The third kappa shape index (κ3) is 5.36. The minimum Gasteiger partial charge on any atom is -0.385 e. The third-order valence-electron chi connectivity index (χ3n) is 3.13. The van der Waals surface area contributed by atoms with Crippen LogP contribution in [0.1, 0.15) is 0 Å². The molecule has 2 rings (SSSR count). The lowest BCUT2D eigenvalue weighted by atomic mass is 10.4. The molecule has 124 valence electrons. The van der Waals surface area contributed by atoms with Crippen molar-refractivity contribution in [3.63, 3.8) is 0 Å². The Labute approximate surface area is 157 Å². The second-order valence-corrected chi connectivity index (χ2v) is 10.3. The van der Waals surface area contributed by atoms with Crippen molar-refractivity contribution in [3.8, 4) is 0 Å². The van der Waals surface area contributed by atoms with Crippen molar-refractivity contribution in [1.29, 1.82) is 0 Å². The molecule has 7 heteroatoms. The largest absolute Gasteiger partial charge is 0.407 e. The monoisotopic (exact) mass is 408 g/mol. The van der Waals surface area contributed by atoms with Crippen LogP contribution in [0.25, 0.3) is 0 Å². The van der Waals surface area contributed by atoms with Gasteiger partial charge in [0.15, 0.2) is 0 Å². The van der Waals surface area contributed by atoms with E-state index in [1.165, 1.54) is 0 Å². The Morgan fingerprint density at radius 2 is 1.00 bits per heavy atom. The minimum absolute atomic E-state index is 0.147. The number of alkyl halides is 4. The Hall–Kier alpha value is -0.263. The number of rotatable bonds is 8. The van der Waals surface area contributed by atoms with Crippen LogP contribution >= 0.6 is 46.4 Å². The second-order valence-electron chi connectivity index (χ2n) is 4.75. The van der Waals surface area contributed by atoms with Crippen LogP contribution in [0.5, 0.6) is 0 Å². The van der Waals surface area contributed by atoms with Gasteiger partial charge < -0.3 is 8.85 Å². The molecule has 23 heavy (non-hydrogen) atoms. The summed E-state index contributed by atoms with van der Waals surface area (Å²) in [7, 11) is -3.01. The van der Waals surface area contributed by atoms with Gasteiger partial charge in [-0.3, -0.25) is 0 Å². The Morgan fingerprint density at radius 3 is 1.30 bits per heavy atom. The first kappa shape index (κ1) is 19.1. The average Bonchev–Trinajstić information content (AvgIpc) is 2.56. The molecule has 0 fully saturated rings. The van der Waals surface area contributed by atoms with Gasteiger partial charge in [0.25, 0.3) is 0 Å². The molecule has 0 aliphatic heterocycles. The summed E-state index contributed by atoms with van der Waals surface area (Å²) in [5, 5.41) is 1.88. The molecule has 0 bridgehead atoms. The summed E-state index contributed by atoms with van der Waals surface area (Å²) in [6, 6.07) is 19.5. The van der Waals surface area contributed by atoms with Crippen molar-refractivity contribution in [1.82, 2.24) is 0 Å². The Morgan fingerprint density at radius 1 is 0.652 bits per heavy atom. The molecule has 0 spiro atoms. The Kier molecular flexibility index (Phi) is 7.69. The van der Waals surface area contributed by atoms with Gasteiger partial charge in [-0.15, -0.1) is 46.4 Å². The van der Waals surface area contributed by atoms with E-state index in [-0.39, 0.29) is 13.2 Å². The smallest absolute Gasteiger partial charge is 0.385 e. The van der Waals surface area contributed by atoms with Crippen LogP contribution in [0.15, 0.2) is 60.7 Å². The molecule has 2 nitrogen and oxygen atoms in total. The summed E-state index contributed by atoms with van der Waals surface area (Å²) in [4.78, 5) is -1.30. The minimum atomic E-state index is -3.01. The van der Waals surface area contributed by atoms with E-state index in [2.05, 4.69) is 0 Å². The quantitative estimate of drug-likeness (QED) is 0.486. The molecule has 0 N–H and O–H groups in total. The summed E-state index contributed by atoms with van der Waals surface area (Å²) >= 11 is 23.5. The van der Waals surface area contributed by atoms with E-state index in [9.17, 15) is 0 Å². The highest BCUT2D eigenvalue weighted by Crippen LogP contribution is 2.15. The van der Waals surface area contributed by atoms with Gasteiger partial charge in [0.2, 0.25) is 0 Å². The number of benzene rings is 2. The van der Waals surface area contributed by atoms with Gasteiger partial charge >= 0.3 is 8.56 Å². The van der Waals surface area contributed by atoms with E-state index in [1.807, 2.05) is 60.7 Å². The first-order chi connectivity index (χ1) is 11.0. The molecule has 0 saturated heterocycles. The third-order valence-corrected chi connectivity index (χ3v) is 6.97. The van der Waals surface area contributed by atoms with Gasteiger partial charge in [-0.2, -0.15) is 0 Å². The van der Waals surface area contributed by atoms with Crippen molar-refractivity contribution in [3.05, 3.63) is 60.7 Å². The molecule has 2 aromatic carbocycles. The summed E-state index contributed by atoms with van der Waals surface area (Å²) < 4.78 is 12.3. The highest BCUT2D eigenvalue weighted by atomic mass is 35.5. The predicted molar refractivity (Wildman–Crippen MR) is 101 cm³/mol. The lowest BCUT2D eigenvalue weighted by Crippen LogP contribution is -2.64. The molecular formula is C16H16Cl4O2Si. The van der Waals surface area contributed by atoms with Crippen LogP contribution in [0.4, 0.5) is 0 Å². The van der Waals surface area contributed by atoms with Crippen LogP contribution in [0, 0.1) is 0 Å².